The Bertz CT molecular complexity index is 1610. The largest absolute Gasteiger partial charge is 0.508 e. The monoisotopic (exact) mass is 647 g/mol. The molecule has 0 spiro atoms. The number of hydrogen-bond donors (Lipinski definition) is 4. The molecule has 0 aromatic heterocycles. The van der Waals surface area contributed by atoms with Gasteiger partial charge >= 0.3 is 0 Å². The van der Waals surface area contributed by atoms with Crippen LogP contribution < -0.4 is 10.1 Å². The quantitative estimate of drug-likeness (QED) is 0.123. The first-order chi connectivity index (χ1) is 21.9. The van der Waals surface area contributed by atoms with Gasteiger partial charge in [-0.15, -0.1) is 0 Å². The fourth-order valence-electron chi connectivity index (χ4n) is 5.92. The van der Waals surface area contributed by atoms with E-state index in [-0.39, 0.29) is 35.4 Å². The summed E-state index contributed by atoms with van der Waals surface area (Å²) in [7, 11) is 7.01. The lowest BCUT2D eigenvalue weighted by Crippen LogP contribution is -2.35. The number of phenols is 3. The van der Waals surface area contributed by atoms with Crippen LogP contribution in [0, 0.1) is 0 Å². The van der Waals surface area contributed by atoms with Crippen molar-refractivity contribution in [2.75, 3.05) is 19.9 Å². The zero-order valence-electron chi connectivity index (χ0n) is 25.8. The standard InChI is InChI=1S/C36H41NO6S2/c1-37-34(19-23-6-12-26(38)13-7-23)43-29-5-3-4-18-44-45-22-32-30(16-10-24-8-14-28(40)21-31(24)32)35-25(9-15-27(39)20-29)11-17-33(41)36(35)42-2/h6-8,10-14,16-17,21,29,34,37-38,40-41H,3-5,9,15,18-20,22H2,1-2H3. The number of hydrogen-bond acceptors (Lipinski definition) is 9. The summed E-state index contributed by atoms with van der Waals surface area (Å²) in [5, 5.41) is 36.1. The van der Waals surface area contributed by atoms with Gasteiger partial charge in [0, 0.05) is 36.3 Å². The first-order valence-electron chi connectivity index (χ1n) is 15.4. The van der Waals surface area contributed by atoms with Crippen molar-refractivity contribution >= 4 is 38.1 Å². The number of Topliss-reactive ketones (excluding diaryl/α,β-unsaturated/α-hetero) is 1. The SMILES string of the molecule is CNC(Cc1ccc(O)cc1)OC1CCCCSSCc2c(ccc3ccc(O)cc23)-c2c(ccc(O)c2OC)CCC(=O)C1. The summed E-state index contributed by atoms with van der Waals surface area (Å²) in [5.41, 5.74) is 4.72. The van der Waals surface area contributed by atoms with Gasteiger partial charge in [-0.3, -0.25) is 10.1 Å². The van der Waals surface area contributed by atoms with Crippen LogP contribution in [0.3, 0.4) is 0 Å². The van der Waals surface area contributed by atoms with Crippen molar-refractivity contribution in [3.8, 4) is 34.1 Å². The van der Waals surface area contributed by atoms with Crippen LogP contribution in [0.15, 0.2) is 66.7 Å². The number of phenolic OH excluding ortho intramolecular Hbond substituents is 3. The van der Waals surface area contributed by atoms with Crippen LogP contribution >= 0.6 is 21.6 Å². The lowest BCUT2D eigenvalue weighted by atomic mass is 9.89. The normalized spacial score (nSPS) is 17.4. The van der Waals surface area contributed by atoms with Crippen molar-refractivity contribution in [2.45, 2.75) is 63.0 Å². The number of benzene rings is 4. The predicted octanol–water partition coefficient (Wildman–Crippen LogP) is 7.76. The van der Waals surface area contributed by atoms with Gasteiger partial charge in [-0.25, -0.2) is 0 Å². The number of aryl methyl sites for hydroxylation is 1. The number of rotatable bonds is 6. The van der Waals surface area contributed by atoms with Gasteiger partial charge in [-0.1, -0.05) is 64.4 Å². The summed E-state index contributed by atoms with van der Waals surface area (Å²) in [6.45, 7) is 0. The van der Waals surface area contributed by atoms with Crippen LogP contribution in [0.1, 0.15) is 48.8 Å². The van der Waals surface area contributed by atoms with E-state index >= 15 is 0 Å². The molecule has 0 bridgehead atoms. The van der Waals surface area contributed by atoms with E-state index in [1.54, 1.807) is 48.2 Å². The van der Waals surface area contributed by atoms with Gasteiger partial charge in [0.25, 0.3) is 0 Å². The van der Waals surface area contributed by atoms with Crippen LogP contribution in [0.25, 0.3) is 21.9 Å². The van der Waals surface area contributed by atoms with Gasteiger partial charge in [0.15, 0.2) is 11.5 Å². The highest BCUT2D eigenvalue weighted by molar-refractivity contribution is 8.76. The topological polar surface area (TPSA) is 108 Å². The molecular formula is C36H41NO6S2. The molecule has 2 unspecified atom stereocenters. The van der Waals surface area contributed by atoms with E-state index in [0.717, 1.165) is 63.6 Å². The Balaban J connectivity index is 1.44. The maximum absolute atomic E-state index is 13.5. The van der Waals surface area contributed by atoms with E-state index in [9.17, 15) is 20.1 Å². The molecule has 9 heteroatoms. The highest BCUT2D eigenvalue weighted by atomic mass is 33.1. The Morgan fingerprint density at radius 1 is 0.933 bits per heavy atom. The lowest BCUT2D eigenvalue weighted by molar-refractivity contribution is -0.124. The highest BCUT2D eigenvalue weighted by Crippen LogP contribution is 2.45. The summed E-state index contributed by atoms with van der Waals surface area (Å²) >= 11 is 0. The van der Waals surface area contributed by atoms with Gasteiger partial charge in [0.05, 0.1) is 13.2 Å². The Morgan fingerprint density at radius 2 is 1.71 bits per heavy atom. The maximum atomic E-state index is 13.5. The number of ether oxygens (including phenoxy) is 2. The minimum Gasteiger partial charge on any atom is -0.508 e. The fourth-order valence-corrected chi connectivity index (χ4v) is 8.18. The number of carbonyl (C=O) groups is 1. The maximum Gasteiger partial charge on any atom is 0.168 e. The molecule has 4 aromatic rings. The molecule has 5 rings (SSSR count). The lowest BCUT2D eigenvalue weighted by Gasteiger charge is -2.25. The molecule has 0 radical (unpaired) electrons. The van der Waals surface area contributed by atoms with Gasteiger partial charge in [-0.2, -0.15) is 0 Å². The smallest absolute Gasteiger partial charge is 0.168 e. The van der Waals surface area contributed by atoms with E-state index in [1.807, 2.05) is 48.2 Å². The van der Waals surface area contributed by atoms with Crippen molar-refractivity contribution in [2.24, 2.45) is 0 Å². The Hall–Kier alpha value is -3.37. The van der Waals surface area contributed by atoms with Crippen molar-refractivity contribution in [3.05, 3.63) is 83.4 Å². The molecule has 0 saturated heterocycles. The predicted molar refractivity (Wildman–Crippen MR) is 184 cm³/mol. The second kappa shape index (κ2) is 15.8. The molecule has 0 amide bonds. The Morgan fingerprint density at radius 3 is 2.49 bits per heavy atom. The molecule has 1 aliphatic heterocycles. The molecule has 238 valence electrons. The molecule has 0 fully saturated rings. The van der Waals surface area contributed by atoms with Crippen molar-refractivity contribution in [1.29, 1.82) is 0 Å². The fraction of sp³-hybridized carbons (Fsp3) is 0.361. The molecule has 0 aliphatic carbocycles. The molecular weight excluding hydrogens is 607 g/mol. The zero-order chi connectivity index (χ0) is 31.8. The second-order valence-electron chi connectivity index (χ2n) is 11.4. The number of nitrogens with one attached hydrogen (secondary N) is 1. The summed E-state index contributed by atoms with van der Waals surface area (Å²) < 4.78 is 12.2. The number of likely N-dealkylation sites (N-methyl/N-ethyl adjacent to an activating group) is 1. The summed E-state index contributed by atoms with van der Waals surface area (Å²) in [6.07, 6.45) is 4.02. The number of carbonyl (C=O) groups excluding carboxylic acids is 1. The van der Waals surface area contributed by atoms with Crippen LogP contribution in [0.4, 0.5) is 0 Å². The third kappa shape index (κ3) is 8.47. The van der Waals surface area contributed by atoms with Gasteiger partial charge in [-0.05, 0) is 89.7 Å². The molecule has 4 aromatic carbocycles. The van der Waals surface area contributed by atoms with Crippen LogP contribution in [0.2, 0.25) is 0 Å². The second-order valence-corrected chi connectivity index (χ2v) is 14.0. The Kier molecular flexibility index (Phi) is 11.6. The average molecular weight is 648 g/mol. The molecule has 1 aliphatic rings. The molecule has 1 heterocycles. The molecule has 0 saturated carbocycles. The van der Waals surface area contributed by atoms with Crippen LogP contribution in [-0.4, -0.2) is 53.3 Å². The first-order valence-corrected chi connectivity index (χ1v) is 17.9. The van der Waals surface area contributed by atoms with Gasteiger partial charge in [0.1, 0.15) is 23.5 Å². The average Bonchev–Trinajstić information content (AvgIpc) is 3.03. The number of fused-ring (bicyclic) bond motifs is 5. The highest BCUT2D eigenvalue weighted by Gasteiger charge is 2.23. The van der Waals surface area contributed by atoms with Crippen molar-refractivity contribution in [1.82, 2.24) is 5.32 Å². The van der Waals surface area contributed by atoms with E-state index < -0.39 is 0 Å². The van der Waals surface area contributed by atoms with E-state index in [0.29, 0.717) is 37.2 Å². The van der Waals surface area contributed by atoms with E-state index in [1.165, 1.54) is 0 Å². The number of ketones is 1. The first kappa shape index (κ1) is 33.0. The van der Waals surface area contributed by atoms with Crippen molar-refractivity contribution < 1.29 is 29.6 Å². The number of methoxy groups -OCH3 is 1. The minimum absolute atomic E-state index is 0.0427. The van der Waals surface area contributed by atoms with Crippen molar-refractivity contribution in [3.63, 3.8) is 0 Å². The molecule has 2 atom stereocenters. The van der Waals surface area contributed by atoms with Gasteiger partial charge in [0.2, 0.25) is 0 Å². The molecule has 4 N–H and O–H groups in total. The van der Waals surface area contributed by atoms with Gasteiger partial charge < -0.3 is 24.8 Å². The minimum atomic E-state index is -0.262. The summed E-state index contributed by atoms with van der Waals surface area (Å²) in [6, 6.07) is 20.1. The molecule has 45 heavy (non-hydrogen) atoms. The number of aromatic hydroxyl groups is 3. The van der Waals surface area contributed by atoms with Crippen LogP contribution in [0.5, 0.6) is 23.0 Å². The zero-order valence-corrected chi connectivity index (χ0v) is 27.4. The summed E-state index contributed by atoms with van der Waals surface area (Å²) in [5.74, 6) is 2.64. The third-order valence-electron chi connectivity index (χ3n) is 8.27. The molecule has 7 nitrogen and oxygen atoms in total. The van der Waals surface area contributed by atoms with E-state index in [4.69, 9.17) is 9.47 Å². The summed E-state index contributed by atoms with van der Waals surface area (Å²) in [4.78, 5) is 13.5. The Labute approximate surface area is 272 Å². The van der Waals surface area contributed by atoms with Crippen LogP contribution in [-0.2, 0) is 28.1 Å². The van der Waals surface area contributed by atoms with E-state index in [2.05, 4.69) is 11.4 Å². The third-order valence-corrected chi connectivity index (χ3v) is 10.7.